The van der Waals surface area contributed by atoms with Gasteiger partial charge in [0, 0.05) is 37.5 Å². The van der Waals surface area contributed by atoms with Gasteiger partial charge in [0.1, 0.15) is 6.29 Å². The average Bonchev–Trinajstić information content (AvgIpc) is 2.89. The number of nitrogens with zero attached hydrogens (tertiary/aromatic N) is 2. The van der Waals surface area contributed by atoms with Crippen molar-refractivity contribution >= 4 is 42.7 Å². The number of hydrogen-bond acceptors (Lipinski definition) is 4. The van der Waals surface area contributed by atoms with Gasteiger partial charge in [-0.05, 0) is 43.1 Å². The molecule has 4 radical (unpaired) electrons. The van der Waals surface area contributed by atoms with E-state index in [4.69, 9.17) is 20.5 Å². The number of hydrogen-bond donors (Lipinski definition) is 0. The van der Waals surface area contributed by atoms with Crippen molar-refractivity contribution in [2.24, 2.45) is 11.3 Å². The van der Waals surface area contributed by atoms with Crippen molar-refractivity contribution in [1.82, 2.24) is 4.90 Å². The summed E-state index contributed by atoms with van der Waals surface area (Å²) >= 11 is 6.57. The standard InChI is InChI=1S/C21H28ClF3N2O3Si2/c1-20(2,19(29-31-3)30-32-4)14-11-27(12-14)17-15-8-10-26(18(28)21(23,24)25)9-7-13(15)5-6-16(17)22/h5-6,14,19H,7-12H2,1-4H3. The number of alkyl halides is 3. The normalized spacial score (nSPS) is 17.9. The van der Waals surface area contributed by atoms with E-state index in [1.807, 2.05) is 19.2 Å². The summed E-state index contributed by atoms with van der Waals surface area (Å²) in [5, 5.41) is 0.588. The molecule has 1 aromatic carbocycles. The predicted molar refractivity (Wildman–Crippen MR) is 120 cm³/mol. The van der Waals surface area contributed by atoms with Gasteiger partial charge in [-0.15, -0.1) is 0 Å². The third-order valence-corrected chi connectivity index (χ3v) is 7.65. The lowest BCUT2D eigenvalue weighted by molar-refractivity contribution is -0.185. The Morgan fingerprint density at radius 3 is 2.28 bits per heavy atom. The molecule has 0 aliphatic carbocycles. The van der Waals surface area contributed by atoms with E-state index in [2.05, 4.69) is 18.7 Å². The van der Waals surface area contributed by atoms with Crippen molar-refractivity contribution < 1.29 is 26.8 Å². The molecular weight excluding hydrogens is 477 g/mol. The maximum absolute atomic E-state index is 12.9. The molecule has 0 bridgehead atoms. The van der Waals surface area contributed by atoms with Crippen LogP contribution < -0.4 is 4.90 Å². The van der Waals surface area contributed by atoms with Gasteiger partial charge in [0.2, 0.25) is 19.5 Å². The summed E-state index contributed by atoms with van der Waals surface area (Å²) in [4.78, 5) is 14.8. The molecule has 0 aromatic heterocycles. The van der Waals surface area contributed by atoms with E-state index >= 15 is 0 Å². The van der Waals surface area contributed by atoms with Crippen molar-refractivity contribution in [3.63, 3.8) is 0 Å². The van der Waals surface area contributed by atoms with Crippen LogP contribution in [-0.2, 0) is 26.5 Å². The van der Waals surface area contributed by atoms with Crippen LogP contribution >= 0.6 is 11.6 Å². The van der Waals surface area contributed by atoms with Crippen LogP contribution in [0.2, 0.25) is 18.1 Å². The van der Waals surface area contributed by atoms with Crippen molar-refractivity contribution in [1.29, 1.82) is 0 Å². The lowest BCUT2D eigenvalue weighted by Gasteiger charge is -2.51. The third-order valence-electron chi connectivity index (χ3n) is 6.45. The Balaban J connectivity index is 1.76. The van der Waals surface area contributed by atoms with Gasteiger partial charge in [-0.1, -0.05) is 31.5 Å². The summed E-state index contributed by atoms with van der Waals surface area (Å²) < 4.78 is 50.5. The van der Waals surface area contributed by atoms with Gasteiger partial charge in [0.15, 0.2) is 0 Å². The Morgan fingerprint density at radius 1 is 1.12 bits per heavy atom. The summed E-state index contributed by atoms with van der Waals surface area (Å²) in [6, 6.07) is 3.67. The van der Waals surface area contributed by atoms with E-state index in [-0.39, 0.29) is 24.8 Å². The van der Waals surface area contributed by atoms with Gasteiger partial charge in [-0.2, -0.15) is 13.2 Å². The van der Waals surface area contributed by atoms with Crippen LogP contribution in [0.1, 0.15) is 25.0 Å². The quantitative estimate of drug-likeness (QED) is 0.416. The summed E-state index contributed by atoms with van der Waals surface area (Å²) in [5.74, 6) is -1.45. The molecular formula is C21H28ClF3N2O3Si2. The number of anilines is 1. The number of amides is 1. The molecule has 176 valence electrons. The molecule has 2 heterocycles. The summed E-state index contributed by atoms with van der Waals surface area (Å²) in [6.07, 6.45) is -4.42. The van der Waals surface area contributed by atoms with Crippen LogP contribution in [0.15, 0.2) is 12.1 Å². The molecule has 5 nitrogen and oxygen atoms in total. The van der Waals surface area contributed by atoms with Crippen molar-refractivity contribution in [3.05, 3.63) is 28.3 Å². The predicted octanol–water partition coefficient (Wildman–Crippen LogP) is 3.99. The molecule has 0 N–H and O–H groups in total. The fourth-order valence-corrected chi connectivity index (χ4v) is 5.89. The minimum Gasteiger partial charge on any atom is -0.394 e. The fraction of sp³-hybridized carbons (Fsp3) is 0.667. The second kappa shape index (κ2) is 10.0. The second-order valence-corrected chi connectivity index (χ2v) is 10.4. The van der Waals surface area contributed by atoms with Crippen LogP contribution in [0.25, 0.3) is 0 Å². The summed E-state index contributed by atoms with van der Waals surface area (Å²) in [5.41, 5.74) is 2.58. The molecule has 2 aliphatic rings. The molecule has 0 atom stereocenters. The molecule has 1 fully saturated rings. The van der Waals surface area contributed by atoms with Gasteiger partial charge < -0.3 is 18.7 Å². The number of rotatable bonds is 7. The topological polar surface area (TPSA) is 42.0 Å². The fourth-order valence-electron chi connectivity index (χ4n) is 4.37. The maximum atomic E-state index is 12.9. The molecule has 1 saturated heterocycles. The molecule has 32 heavy (non-hydrogen) atoms. The molecule has 1 aromatic rings. The van der Waals surface area contributed by atoms with E-state index in [9.17, 15) is 18.0 Å². The first kappa shape index (κ1) is 25.5. The monoisotopic (exact) mass is 504 g/mol. The van der Waals surface area contributed by atoms with Crippen LogP contribution in [0.4, 0.5) is 18.9 Å². The summed E-state index contributed by atoms with van der Waals surface area (Å²) in [6.45, 7) is 9.85. The number of benzene rings is 1. The highest BCUT2D eigenvalue weighted by atomic mass is 35.5. The Kier molecular flexibility index (Phi) is 8.02. The number of halogens is 4. The first-order chi connectivity index (χ1) is 15.0. The zero-order valence-electron chi connectivity index (χ0n) is 18.7. The van der Waals surface area contributed by atoms with Gasteiger partial charge in [0.25, 0.3) is 0 Å². The van der Waals surface area contributed by atoms with Gasteiger partial charge in [-0.3, -0.25) is 4.79 Å². The van der Waals surface area contributed by atoms with E-state index in [0.29, 0.717) is 43.3 Å². The highest BCUT2D eigenvalue weighted by Crippen LogP contribution is 2.44. The highest BCUT2D eigenvalue weighted by molar-refractivity contribution is 6.33. The number of fused-ring (bicyclic) bond motifs is 1. The minimum absolute atomic E-state index is 0.0278. The SMILES string of the molecule is C[Si]OC(O[Si]C)C(C)(C)C1CN(c2c(Cl)ccc3c2CCN(C(=O)C(F)(F)F)CC3)C1. The largest absolute Gasteiger partial charge is 0.471 e. The zero-order chi connectivity index (χ0) is 23.7. The van der Waals surface area contributed by atoms with Crippen LogP contribution in [-0.4, -0.2) is 69.0 Å². The van der Waals surface area contributed by atoms with Gasteiger partial charge in [-0.25, -0.2) is 0 Å². The second-order valence-electron chi connectivity index (χ2n) is 8.72. The molecule has 0 spiro atoms. The Morgan fingerprint density at radius 2 is 1.72 bits per heavy atom. The van der Waals surface area contributed by atoms with E-state index in [1.165, 1.54) is 0 Å². The van der Waals surface area contributed by atoms with E-state index < -0.39 is 12.1 Å². The van der Waals surface area contributed by atoms with Crippen LogP contribution in [0.5, 0.6) is 0 Å². The van der Waals surface area contributed by atoms with Gasteiger partial charge in [0.05, 0.1) is 10.7 Å². The molecule has 0 saturated carbocycles. The Labute approximate surface area is 197 Å². The minimum atomic E-state index is -4.86. The highest BCUT2D eigenvalue weighted by Gasteiger charge is 2.46. The van der Waals surface area contributed by atoms with Gasteiger partial charge >= 0.3 is 12.1 Å². The first-order valence-electron chi connectivity index (χ1n) is 10.6. The van der Waals surface area contributed by atoms with Crippen molar-refractivity contribution in [3.8, 4) is 0 Å². The Hall–Kier alpha value is -1.08. The van der Waals surface area contributed by atoms with Crippen LogP contribution in [0, 0.1) is 11.3 Å². The van der Waals surface area contributed by atoms with E-state index in [0.717, 1.165) is 34.8 Å². The van der Waals surface area contributed by atoms with Crippen LogP contribution in [0.3, 0.4) is 0 Å². The Bertz CT molecular complexity index is 829. The molecule has 1 amide bonds. The summed E-state index contributed by atoms with van der Waals surface area (Å²) in [7, 11) is 0.662. The molecule has 11 heteroatoms. The number of carbonyl (C=O) groups excluding carboxylic acids is 1. The third kappa shape index (κ3) is 5.19. The lowest BCUT2D eigenvalue weighted by Crippen LogP contribution is -2.57. The molecule has 2 aliphatic heterocycles. The number of carbonyl (C=O) groups is 1. The van der Waals surface area contributed by atoms with Crippen molar-refractivity contribution in [2.75, 3.05) is 31.1 Å². The van der Waals surface area contributed by atoms with E-state index in [1.54, 1.807) is 6.07 Å². The smallest absolute Gasteiger partial charge is 0.394 e. The average molecular weight is 505 g/mol. The zero-order valence-corrected chi connectivity index (χ0v) is 21.4. The maximum Gasteiger partial charge on any atom is 0.471 e. The first-order valence-corrected chi connectivity index (χ1v) is 13.8. The molecule has 0 unspecified atom stereocenters. The molecule has 3 rings (SSSR count). The van der Waals surface area contributed by atoms with Crippen molar-refractivity contribution in [2.45, 2.75) is 52.2 Å². The lowest BCUT2D eigenvalue weighted by atomic mass is 9.73.